The summed E-state index contributed by atoms with van der Waals surface area (Å²) in [6.07, 6.45) is 0. The first-order valence-electron chi connectivity index (χ1n) is 5.52. The van der Waals surface area contributed by atoms with Crippen LogP contribution in [0.2, 0.25) is 5.02 Å². The lowest BCUT2D eigenvalue weighted by Crippen LogP contribution is -2.08. The van der Waals surface area contributed by atoms with Crippen molar-refractivity contribution in [2.24, 2.45) is 0 Å². The summed E-state index contributed by atoms with van der Waals surface area (Å²) in [7, 11) is 0. The smallest absolute Gasteiger partial charge is 0.132 e. The number of aromatic nitrogens is 3. The molecular formula is C12H11ClN4O2. The summed E-state index contributed by atoms with van der Waals surface area (Å²) in [4.78, 5) is 0. The van der Waals surface area contributed by atoms with E-state index in [2.05, 4.69) is 10.3 Å². The SMILES string of the molecule is N#CCn1nnc(CO)c1COc1ccc(Cl)cc1. The fourth-order valence-electron chi connectivity index (χ4n) is 1.53. The van der Waals surface area contributed by atoms with Gasteiger partial charge in [-0.1, -0.05) is 16.8 Å². The highest BCUT2D eigenvalue weighted by atomic mass is 35.5. The van der Waals surface area contributed by atoms with E-state index < -0.39 is 0 Å². The zero-order chi connectivity index (χ0) is 13.7. The highest BCUT2D eigenvalue weighted by Gasteiger charge is 2.12. The second kappa shape index (κ2) is 6.18. The van der Waals surface area contributed by atoms with Gasteiger partial charge in [-0.3, -0.25) is 0 Å². The minimum absolute atomic E-state index is 0.0618. The summed E-state index contributed by atoms with van der Waals surface area (Å²) in [6, 6.07) is 8.88. The number of ether oxygens (including phenoxy) is 1. The van der Waals surface area contributed by atoms with Crippen LogP contribution < -0.4 is 4.74 Å². The van der Waals surface area contributed by atoms with Crippen molar-refractivity contribution in [3.8, 4) is 11.8 Å². The fraction of sp³-hybridized carbons (Fsp3) is 0.250. The van der Waals surface area contributed by atoms with Crippen LogP contribution in [0.3, 0.4) is 0 Å². The number of rotatable bonds is 5. The van der Waals surface area contributed by atoms with Gasteiger partial charge in [0.05, 0.1) is 12.7 Å². The maximum atomic E-state index is 9.16. The summed E-state index contributed by atoms with van der Waals surface area (Å²) >= 11 is 5.78. The molecule has 1 aromatic carbocycles. The van der Waals surface area contributed by atoms with Gasteiger partial charge in [-0.2, -0.15) is 5.26 Å². The molecule has 0 spiro atoms. The zero-order valence-corrected chi connectivity index (χ0v) is 10.7. The average Bonchev–Trinajstić information content (AvgIpc) is 2.81. The van der Waals surface area contributed by atoms with Crippen molar-refractivity contribution in [2.75, 3.05) is 0 Å². The van der Waals surface area contributed by atoms with Crippen LogP contribution >= 0.6 is 11.6 Å². The molecule has 0 aliphatic rings. The van der Waals surface area contributed by atoms with Gasteiger partial charge in [0.25, 0.3) is 0 Å². The third kappa shape index (κ3) is 3.22. The molecule has 98 valence electrons. The monoisotopic (exact) mass is 278 g/mol. The summed E-state index contributed by atoms with van der Waals surface area (Å²) in [6.45, 7) is -0.0107. The van der Waals surface area contributed by atoms with E-state index in [1.807, 2.05) is 6.07 Å². The number of hydrogen-bond donors (Lipinski definition) is 1. The third-order valence-electron chi connectivity index (χ3n) is 2.48. The molecule has 6 nitrogen and oxygen atoms in total. The van der Waals surface area contributed by atoms with E-state index in [1.54, 1.807) is 24.3 Å². The maximum absolute atomic E-state index is 9.16. The topological polar surface area (TPSA) is 84.0 Å². The van der Waals surface area contributed by atoms with Gasteiger partial charge in [0.15, 0.2) is 0 Å². The van der Waals surface area contributed by atoms with Gasteiger partial charge in [-0.25, -0.2) is 4.68 Å². The molecule has 0 saturated heterocycles. The van der Waals surface area contributed by atoms with Crippen LogP contribution in [0.5, 0.6) is 5.75 Å². The van der Waals surface area contributed by atoms with Gasteiger partial charge in [0.2, 0.25) is 0 Å². The van der Waals surface area contributed by atoms with Crippen LogP contribution in [0.25, 0.3) is 0 Å². The first-order chi connectivity index (χ1) is 9.24. The molecule has 2 aromatic rings. The lowest BCUT2D eigenvalue weighted by Gasteiger charge is -2.07. The average molecular weight is 279 g/mol. The Kier molecular flexibility index (Phi) is 4.34. The second-order valence-electron chi connectivity index (χ2n) is 3.70. The zero-order valence-electron chi connectivity index (χ0n) is 9.95. The summed E-state index contributed by atoms with van der Waals surface area (Å²) in [5.41, 5.74) is 0.989. The number of hydrogen-bond acceptors (Lipinski definition) is 5. The Morgan fingerprint density at radius 2 is 2.11 bits per heavy atom. The predicted molar refractivity (Wildman–Crippen MR) is 67.3 cm³/mol. The molecule has 0 radical (unpaired) electrons. The first-order valence-corrected chi connectivity index (χ1v) is 5.90. The van der Waals surface area contributed by atoms with Crippen LogP contribution in [0.1, 0.15) is 11.4 Å². The van der Waals surface area contributed by atoms with Gasteiger partial charge in [0.1, 0.15) is 30.3 Å². The van der Waals surface area contributed by atoms with Crippen LogP contribution in [0, 0.1) is 11.3 Å². The van der Waals surface area contributed by atoms with Gasteiger partial charge in [-0.15, -0.1) is 5.10 Å². The molecule has 2 rings (SSSR count). The molecular weight excluding hydrogens is 268 g/mol. The standard InChI is InChI=1S/C12H11ClN4O2/c13-9-1-3-10(4-2-9)19-8-12-11(7-18)15-16-17(12)6-5-14/h1-4,18H,6-8H2. The lowest BCUT2D eigenvalue weighted by atomic mass is 10.3. The van der Waals surface area contributed by atoms with Crippen molar-refractivity contribution in [2.45, 2.75) is 19.8 Å². The molecule has 0 amide bonds. The highest BCUT2D eigenvalue weighted by molar-refractivity contribution is 6.30. The Hall–Kier alpha value is -2.10. The van der Waals surface area contributed by atoms with E-state index in [0.29, 0.717) is 22.2 Å². The van der Waals surface area contributed by atoms with Gasteiger partial charge in [0, 0.05) is 5.02 Å². The van der Waals surface area contributed by atoms with E-state index in [0.717, 1.165) is 0 Å². The lowest BCUT2D eigenvalue weighted by molar-refractivity contribution is 0.262. The van der Waals surface area contributed by atoms with E-state index in [4.69, 9.17) is 26.7 Å². The Labute approximate surface area is 114 Å². The first kappa shape index (κ1) is 13.3. The minimum Gasteiger partial charge on any atom is -0.487 e. The molecule has 19 heavy (non-hydrogen) atoms. The van der Waals surface area contributed by atoms with Crippen LogP contribution in [-0.2, 0) is 19.8 Å². The van der Waals surface area contributed by atoms with Crippen molar-refractivity contribution in [1.82, 2.24) is 15.0 Å². The Bertz CT molecular complexity index is 589. The van der Waals surface area contributed by atoms with E-state index in [-0.39, 0.29) is 19.8 Å². The Balaban J connectivity index is 2.12. The minimum atomic E-state index is -0.245. The molecule has 0 aliphatic carbocycles. The molecule has 0 atom stereocenters. The summed E-state index contributed by atoms with van der Waals surface area (Å²) in [5.74, 6) is 0.637. The molecule has 0 saturated carbocycles. The van der Waals surface area contributed by atoms with Crippen molar-refractivity contribution in [3.05, 3.63) is 40.7 Å². The maximum Gasteiger partial charge on any atom is 0.132 e. The van der Waals surface area contributed by atoms with Crippen molar-refractivity contribution in [1.29, 1.82) is 5.26 Å². The Morgan fingerprint density at radius 3 is 2.74 bits per heavy atom. The van der Waals surface area contributed by atoms with Gasteiger partial charge >= 0.3 is 0 Å². The number of halogens is 1. The molecule has 7 heteroatoms. The molecule has 0 bridgehead atoms. The molecule has 1 heterocycles. The number of aliphatic hydroxyl groups is 1. The molecule has 1 N–H and O–H groups in total. The van der Waals surface area contributed by atoms with Crippen LogP contribution in [0.4, 0.5) is 0 Å². The molecule has 0 unspecified atom stereocenters. The normalized spacial score (nSPS) is 10.2. The molecule has 1 aromatic heterocycles. The van der Waals surface area contributed by atoms with E-state index >= 15 is 0 Å². The fourth-order valence-corrected chi connectivity index (χ4v) is 1.65. The van der Waals surface area contributed by atoms with Gasteiger partial charge in [-0.05, 0) is 24.3 Å². The van der Waals surface area contributed by atoms with Crippen LogP contribution in [-0.4, -0.2) is 20.1 Å². The van der Waals surface area contributed by atoms with Gasteiger partial charge < -0.3 is 9.84 Å². The van der Waals surface area contributed by atoms with E-state index in [9.17, 15) is 0 Å². The van der Waals surface area contributed by atoms with Crippen molar-refractivity contribution in [3.63, 3.8) is 0 Å². The number of benzene rings is 1. The predicted octanol–water partition coefficient (Wildman–Crippen LogP) is 1.53. The largest absolute Gasteiger partial charge is 0.487 e. The van der Waals surface area contributed by atoms with Crippen molar-refractivity contribution < 1.29 is 9.84 Å². The molecule has 0 fully saturated rings. The quantitative estimate of drug-likeness (QED) is 0.896. The summed E-state index contributed by atoms with van der Waals surface area (Å²) < 4.78 is 6.96. The van der Waals surface area contributed by atoms with Crippen LogP contribution in [0.15, 0.2) is 24.3 Å². The highest BCUT2D eigenvalue weighted by Crippen LogP contribution is 2.17. The third-order valence-corrected chi connectivity index (χ3v) is 2.73. The Morgan fingerprint density at radius 1 is 1.37 bits per heavy atom. The number of nitriles is 1. The summed E-state index contributed by atoms with van der Waals surface area (Å²) in [5, 5.41) is 26.0. The number of nitrogens with zero attached hydrogens (tertiary/aromatic N) is 4. The van der Waals surface area contributed by atoms with E-state index in [1.165, 1.54) is 4.68 Å². The van der Waals surface area contributed by atoms with Crippen molar-refractivity contribution >= 4 is 11.6 Å². The second-order valence-corrected chi connectivity index (χ2v) is 4.14. The molecule has 0 aliphatic heterocycles. The number of aliphatic hydroxyl groups excluding tert-OH is 1.